The SMILES string of the molecule is CCCCc1nc(Cl)c(CNC(=O)C(CS)Cc2ccccc2)n1Cc1ccc(-c2ccccc2-c2nn[nH]n2)cc1. The summed E-state index contributed by atoms with van der Waals surface area (Å²) in [5.41, 5.74) is 6.01. The van der Waals surface area contributed by atoms with Gasteiger partial charge in [-0.1, -0.05) is 104 Å². The Hall–Kier alpha value is -3.95. The Morgan fingerprint density at radius 1 is 1.00 bits per heavy atom. The van der Waals surface area contributed by atoms with Crippen molar-refractivity contribution in [3.05, 3.63) is 107 Å². The van der Waals surface area contributed by atoms with Crippen LogP contribution in [0.4, 0.5) is 0 Å². The van der Waals surface area contributed by atoms with E-state index in [4.69, 9.17) is 16.6 Å². The average Bonchev–Trinajstić information content (AvgIpc) is 3.67. The zero-order valence-corrected chi connectivity index (χ0v) is 25.2. The Bertz CT molecular complexity index is 1590. The predicted octanol–water partition coefficient (Wildman–Crippen LogP) is 6.18. The first-order valence-electron chi connectivity index (χ1n) is 14.2. The van der Waals surface area contributed by atoms with Crippen LogP contribution in [-0.4, -0.2) is 41.8 Å². The maximum absolute atomic E-state index is 13.1. The van der Waals surface area contributed by atoms with Gasteiger partial charge in [-0.25, -0.2) is 4.98 Å². The number of hydrogen-bond donors (Lipinski definition) is 3. The molecule has 1 unspecified atom stereocenters. The number of amides is 1. The van der Waals surface area contributed by atoms with Crippen molar-refractivity contribution in [2.75, 3.05) is 5.75 Å². The Balaban J connectivity index is 1.35. The summed E-state index contributed by atoms with van der Waals surface area (Å²) < 4.78 is 2.15. The number of aromatic amines is 1. The molecule has 216 valence electrons. The molecule has 0 aliphatic rings. The van der Waals surface area contributed by atoms with Crippen molar-refractivity contribution in [1.82, 2.24) is 35.5 Å². The molecule has 0 aliphatic carbocycles. The number of carbonyl (C=O) groups is 1. The maximum atomic E-state index is 13.1. The minimum Gasteiger partial charge on any atom is -0.350 e. The number of halogens is 1. The van der Waals surface area contributed by atoms with E-state index in [1.807, 2.05) is 48.5 Å². The first-order chi connectivity index (χ1) is 20.6. The van der Waals surface area contributed by atoms with Gasteiger partial charge in [0.15, 0.2) is 5.15 Å². The van der Waals surface area contributed by atoms with Crippen LogP contribution in [0.5, 0.6) is 0 Å². The van der Waals surface area contributed by atoms with Crippen LogP contribution in [0.25, 0.3) is 22.5 Å². The highest BCUT2D eigenvalue weighted by Crippen LogP contribution is 2.30. The van der Waals surface area contributed by atoms with E-state index >= 15 is 0 Å². The monoisotopic (exact) mass is 599 g/mol. The van der Waals surface area contributed by atoms with Crippen molar-refractivity contribution in [2.24, 2.45) is 5.92 Å². The molecule has 0 saturated heterocycles. The lowest BCUT2D eigenvalue weighted by Gasteiger charge is -2.17. The summed E-state index contributed by atoms with van der Waals surface area (Å²) in [4.78, 5) is 17.8. The summed E-state index contributed by atoms with van der Waals surface area (Å²) in [7, 11) is 0. The van der Waals surface area contributed by atoms with Gasteiger partial charge in [0.25, 0.3) is 0 Å². The summed E-state index contributed by atoms with van der Waals surface area (Å²) in [5, 5.41) is 18.1. The molecule has 0 saturated carbocycles. The van der Waals surface area contributed by atoms with Crippen LogP contribution < -0.4 is 5.32 Å². The molecule has 2 N–H and O–H groups in total. The van der Waals surface area contributed by atoms with Gasteiger partial charge in [0.2, 0.25) is 11.7 Å². The van der Waals surface area contributed by atoms with Crippen LogP contribution >= 0.6 is 24.2 Å². The van der Waals surface area contributed by atoms with Gasteiger partial charge >= 0.3 is 0 Å². The number of benzene rings is 3. The lowest BCUT2D eigenvalue weighted by atomic mass is 9.98. The number of rotatable bonds is 13. The van der Waals surface area contributed by atoms with E-state index in [-0.39, 0.29) is 11.8 Å². The van der Waals surface area contributed by atoms with Gasteiger partial charge in [-0.05, 0) is 40.3 Å². The molecule has 2 heterocycles. The molecule has 3 aromatic carbocycles. The molecule has 5 aromatic rings. The van der Waals surface area contributed by atoms with E-state index in [1.54, 1.807) is 0 Å². The number of imidazole rings is 1. The van der Waals surface area contributed by atoms with Crippen molar-refractivity contribution >= 4 is 30.1 Å². The van der Waals surface area contributed by atoms with Crippen LogP contribution in [0.3, 0.4) is 0 Å². The van der Waals surface area contributed by atoms with Gasteiger partial charge in [-0.15, -0.1) is 10.2 Å². The number of thiol groups is 1. The predicted molar refractivity (Wildman–Crippen MR) is 169 cm³/mol. The second-order valence-electron chi connectivity index (χ2n) is 10.2. The molecule has 0 fully saturated rings. The molecule has 1 amide bonds. The summed E-state index contributed by atoms with van der Waals surface area (Å²) in [6, 6.07) is 26.4. The number of unbranched alkanes of at least 4 members (excludes halogenated alkanes) is 1. The number of tetrazole rings is 1. The average molecular weight is 600 g/mol. The number of H-pyrrole nitrogens is 1. The highest BCUT2D eigenvalue weighted by Gasteiger charge is 2.21. The lowest BCUT2D eigenvalue weighted by molar-refractivity contribution is -0.124. The third kappa shape index (κ3) is 7.09. The molecule has 5 rings (SSSR count). The van der Waals surface area contributed by atoms with Gasteiger partial charge in [-0.2, -0.15) is 17.8 Å². The van der Waals surface area contributed by atoms with Crippen molar-refractivity contribution in [1.29, 1.82) is 0 Å². The number of hydrogen-bond acceptors (Lipinski definition) is 6. The van der Waals surface area contributed by atoms with Crippen LogP contribution in [0.2, 0.25) is 5.15 Å². The highest BCUT2D eigenvalue weighted by molar-refractivity contribution is 7.80. The minimum atomic E-state index is -0.242. The minimum absolute atomic E-state index is 0.0441. The van der Waals surface area contributed by atoms with Crippen molar-refractivity contribution in [2.45, 2.75) is 45.7 Å². The molecule has 0 spiro atoms. The third-order valence-electron chi connectivity index (χ3n) is 7.32. The van der Waals surface area contributed by atoms with Crippen molar-refractivity contribution < 1.29 is 4.79 Å². The van der Waals surface area contributed by atoms with Crippen LogP contribution in [0.15, 0.2) is 78.9 Å². The lowest BCUT2D eigenvalue weighted by Crippen LogP contribution is -2.33. The van der Waals surface area contributed by atoms with E-state index in [0.717, 1.165) is 58.6 Å². The molecule has 8 nitrogen and oxygen atoms in total. The van der Waals surface area contributed by atoms with E-state index in [9.17, 15) is 4.79 Å². The molecule has 0 radical (unpaired) electrons. The zero-order valence-electron chi connectivity index (χ0n) is 23.5. The Labute approximate surface area is 256 Å². The molecule has 2 aromatic heterocycles. The molecule has 1 atom stereocenters. The van der Waals surface area contributed by atoms with Gasteiger partial charge in [-0.3, -0.25) is 4.79 Å². The maximum Gasteiger partial charge on any atom is 0.224 e. The molecule has 0 aliphatic heterocycles. The van der Waals surface area contributed by atoms with E-state index in [2.05, 4.69) is 80.4 Å². The van der Waals surface area contributed by atoms with Crippen molar-refractivity contribution in [3.63, 3.8) is 0 Å². The third-order valence-corrected chi connectivity index (χ3v) is 8.07. The molecule has 42 heavy (non-hydrogen) atoms. The van der Waals surface area contributed by atoms with Gasteiger partial charge < -0.3 is 9.88 Å². The second kappa shape index (κ2) is 14.3. The standard InChI is InChI=1S/C32H34ClN7OS/c1-2-3-13-29-35-30(33)28(19-34-32(41)25(21-42)18-22-9-5-4-6-10-22)40(29)20-23-14-16-24(17-15-23)26-11-7-8-12-27(26)31-36-38-39-37-31/h4-12,14-17,25,42H,2-3,13,18-21H2,1H3,(H,34,41)(H,36,37,38,39). The molecule has 0 bridgehead atoms. The first kappa shape index (κ1) is 29.5. The number of nitrogens with zero attached hydrogens (tertiary/aromatic N) is 5. The van der Waals surface area contributed by atoms with Gasteiger partial charge in [0.1, 0.15) is 5.82 Å². The van der Waals surface area contributed by atoms with Crippen LogP contribution in [0.1, 0.15) is 42.4 Å². The van der Waals surface area contributed by atoms with Crippen LogP contribution in [0, 0.1) is 5.92 Å². The Morgan fingerprint density at radius 2 is 1.74 bits per heavy atom. The Kier molecular flexibility index (Phi) is 10.0. The number of aromatic nitrogens is 6. The van der Waals surface area contributed by atoms with E-state index in [0.29, 0.717) is 36.2 Å². The van der Waals surface area contributed by atoms with Gasteiger partial charge in [0.05, 0.1) is 18.2 Å². The quantitative estimate of drug-likeness (QED) is 0.140. The smallest absolute Gasteiger partial charge is 0.224 e. The number of nitrogens with one attached hydrogen (secondary N) is 2. The zero-order chi connectivity index (χ0) is 29.3. The van der Waals surface area contributed by atoms with Crippen LogP contribution in [-0.2, 0) is 30.7 Å². The van der Waals surface area contributed by atoms with E-state index in [1.165, 1.54) is 0 Å². The van der Waals surface area contributed by atoms with Gasteiger partial charge in [0, 0.05) is 24.3 Å². The Morgan fingerprint density at radius 3 is 2.43 bits per heavy atom. The fraction of sp³-hybridized carbons (Fsp3) is 0.281. The first-order valence-corrected chi connectivity index (χ1v) is 15.2. The summed E-state index contributed by atoms with van der Waals surface area (Å²) in [6.45, 7) is 3.05. The number of carbonyl (C=O) groups excluding carboxylic acids is 1. The summed E-state index contributed by atoms with van der Waals surface area (Å²) in [6.07, 6.45) is 3.50. The number of aryl methyl sites for hydroxylation is 1. The molecular formula is C32H34ClN7OS. The van der Waals surface area contributed by atoms with E-state index < -0.39 is 0 Å². The fourth-order valence-electron chi connectivity index (χ4n) is 5.02. The fourth-order valence-corrected chi connectivity index (χ4v) is 5.58. The summed E-state index contributed by atoms with van der Waals surface area (Å²) >= 11 is 11.1. The molecule has 10 heteroatoms. The topological polar surface area (TPSA) is 101 Å². The summed E-state index contributed by atoms with van der Waals surface area (Å²) in [5.74, 6) is 1.65. The normalized spacial score (nSPS) is 11.9. The highest BCUT2D eigenvalue weighted by atomic mass is 35.5. The second-order valence-corrected chi connectivity index (χ2v) is 10.9. The molecular weight excluding hydrogens is 566 g/mol. The van der Waals surface area contributed by atoms with Crippen molar-refractivity contribution in [3.8, 4) is 22.5 Å². The largest absolute Gasteiger partial charge is 0.350 e.